The molecule has 100 valence electrons. The number of rotatable bonds is 3. The lowest BCUT2D eigenvalue weighted by atomic mass is 10.1. The van der Waals surface area contributed by atoms with Gasteiger partial charge in [-0.2, -0.15) is 0 Å². The van der Waals surface area contributed by atoms with E-state index in [0.29, 0.717) is 5.88 Å². The van der Waals surface area contributed by atoms with Gasteiger partial charge in [-0.15, -0.1) is 0 Å². The fraction of sp³-hybridized carbons (Fsp3) is 0.312. The van der Waals surface area contributed by atoms with Gasteiger partial charge in [-0.05, 0) is 49.9 Å². The van der Waals surface area contributed by atoms with Gasteiger partial charge >= 0.3 is 0 Å². The molecule has 0 bridgehead atoms. The van der Waals surface area contributed by atoms with Crippen LogP contribution < -0.4 is 10.5 Å². The average Bonchev–Trinajstić information content (AvgIpc) is 2.40. The Balaban J connectivity index is 2.29. The van der Waals surface area contributed by atoms with Gasteiger partial charge in [0.05, 0.1) is 0 Å². The molecule has 0 aliphatic rings. The molecule has 2 N–H and O–H groups in total. The summed E-state index contributed by atoms with van der Waals surface area (Å²) in [7, 11) is 0. The van der Waals surface area contributed by atoms with Gasteiger partial charge in [0.15, 0.2) is 0 Å². The molecule has 0 radical (unpaired) electrons. The van der Waals surface area contributed by atoms with Crippen LogP contribution >= 0.6 is 0 Å². The highest BCUT2D eigenvalue weighted by Gasteiger charge is 2.08. The highest BCUT2D eigenvalue weighted by Crippen LogP contribution is 2.29. The van der Waals surface area contributed by atoms with E-state index in [9.17, 15) is 0 Å². The van der Waals surface area contributed by atoms with E-state index in [-0.39, 0.29) is 6.04 Å². The zero-order chi connectivity index (χ0) is 14.0. The molecular weight excluding hydrogens is 236 g/mol. The van der Waals surface area contributed by atoms with Crippen LogP contribution in [0.3, 0.4) is 0 Å². The number of pyridine rings is 1. The van der Waals surface area contributed by atoms with Crippen molar-refractivity contribution in [2.24, 2.45) is 5.73 Å². The Hall–Kier alpha value is -1.87. The molecule has 0 saturated carbocycles. The molecule has 3 nitrogen and oxygen atoms in total. The minimum absolute atomic E-state index is 0.0102. The summed E-state index contributed by atoms with van der Waals surface area (Å²) in [5.41, 5.74) is 10.3. The first-order chi connectivity index (χ1) is 8.99. The molecular formula is C16H20N2O. The molecule has 3 heteroatoms. The SMILES string of the molecule is Cc1ccc(C)c(Oc2ccc([C@@H](C)N)cn2)c1C. The summed E-state index contributed by atoms with van der Waals surface area (Å²) in [5, 5.41) is 0. The second-order valence-corrected chi connectivity index (χ2v) is 4.97. The summed E-state index contributed by atoms with van der Waals surface area (Å²) in [5.74, 6) is 1.49. The average molecular weight is 256 g/mol. The number of ether oxygens (including phenoxy) is 1. The van der Waals surface area contributed by atoms with E-state index in [2.05, 4.69) is 31.0 Å². The molecule has 0 amide bonds. The Morgan fingerprint density at radius 3 is 2.32 bits per heavy atom. The largest absolute Gasteiger partial charge is 0.438 e. The highest BCUT2D eigenvalue weighted by atomic mass is 16.5. The van der Waals surface area contributed by atoms with Crippen LogP contribution in [0, 0.1) is 20.8 Å². The zero-order valence-corrected chi connectivity index (χ0v) is 11.9. The quantitative estimate of drug-likeness (QED) is 0.908. The second-order valence-electron chi connectivity index (χ2n) is 4.97. The van der Waals surface area contributed by atoms with Crippen molar-refractivity contribution in [3.05, 3.63) is 52.7 Å². The summed E-state index contributed by atoms with van der Waals surface area (Å²) in [4.78, 5) is 4.30. The Labute approximate surface area is 114 Å². The molecule has 1 aromatic carbocycles. The van der Waals surface area contributed by atoms with Gasteiger partial charge in [0.25, 0.3) is 0 Å². The van der Waals surface area contributed by atoms with E-state index >= 15 is 0 Å². The molecule has 19 heavy (non-hydrogen) atoms. The predicted molar refractivity (Wildman–Crippen MR) is 77.6 cm³/mol. The van der Waals surface area contributed by atoms with E-state index in [1.807, 2.05) is 26.0 Å². The van der Waals surface area contributed by atoms with Gasteiger partial charge in [0.1, 0.15) is 5.75 Å². The van der Waals surface area contributed by atoms with Crippen molar-refractivity contribution < 1.29 is 4.74 Å². The Kier molecular flexibility index (Phi) is 3.86. The first-order valence-corrected chi connectivity index (χ1v) is 6.45. The van der Waals surface area contributed by atoms with E-state index in [1.54, 1.807) is 6.20 Å². The molecule has 0 spiro atoms. The fourth-order valence-electron chi connectivity index (χ4n) is 1.91. The van der Waals surface area contributed by atoms with E-state index in [4.69, 9.17) is 10.5 Å². The number of aryl methyl sites for hydroxylation is 2. The Bertz CT molecular complexity index is 574. The minimum Gasteiger partial charge on any atom is -0.438 e. The molecule has 0 fully saturated rings. The van der Waals surface area contributed by atoms with Crippen molar-refractivity contribution in [3.63, 3.8) is 0 Å². The number of hydrogen-bond acceptors (Lipinski definition) is 3. The summed E-state index contributed by atoms with van der Waals surface area (Å²) in [6.07, 6.45) is 1.76. The second kappa shape index (κ2) is 5.41. The van der Waals surface area contributed by atoms with Crippen LogP contribution in [0.15, 0.2) is 30.5 Å². The molecule has 0 saturated heterocycles. The summed E-state index contributed by atoms with van der Waals surface area (Å²) in [6.45, 7) is 8.12. The molecule has 1 heterocycles. The maximum atomic E-state index is 5.90. The van der Waals surface area contributed by atoms with Gasteiger partial charge in [-0.25, -0.2) is 4.98 Å². The van der Waals surface area contributed by atoms with E-state index in [0.717, 1.165) is 22.4 Å². The lowest BCUT2D eigenvalue weighted by Crippen LogP contribution is -2.05. The van der Waals surface area contributed by atoms with Crippen molar-refractivity contribution in [1.29, 1.82) is 0 Å². The Morgan fingerprint density at radius 1 is 1.05 bits per heavy atom. The van der Waals surface area contributed by atoms with Gasteiger partial charge in [-0.1, -0.05) is 18.2 Å². The number of hydrogen-bond donors (Lipinski definition) is 1. The third-order valence-electron chi connectivity index (χ3n) is 3.37. The maximum absolute atomic E-state index is 5.90. The third-order valence-corrected chi connectivity index (χ3v) is 3.37. The number of nitrogens with zero attached hydrogens (tertiary/aromatic N) is 1. The smallest absolute Gasteiger partial charge is 0.219 e. The number of nitrogens with two attached hydrogens (primary N) is 1. The van der Waals surface area contributed by atoms with Crippen LogP contribution in [0.25, 0.3) is 0 Å². The van der Waals surface area contributed by atoms with Crippen molar-refractivity contribution in [2.45, 2.75) is 33.7 Å². The van der Waals surface area contributed by atoms with Gasteiger partial charge in [0, 0.05) is 18.3 Å². The van der Waals surface area contributed by atoms with Gasteiger partial charge < -0.3 is 10.5 Å². The maximum Gasteiger partial charge on any atom is 0.219 e. The summed E-state index contributed by atoms with van der Waals surface area (Å²) >= 11 is 0. The molecule has 0 aliphatic heterocycles. The number of aromatic nitrogens is 1. The van der Waals surface area contributed by atoms with Crippen LogP contribution in [0.4, 0.5) is 0 Å². The molecule has 0 unspecified atom stereocenters. The van der Waals surface area contributed by atoms with Gasteiger partial charge in [-0.3, -0.25) is 0 Å². The minimum atomic E-state index is -0.0102. The molecule has 2 rings (SSSR count). The monoisotopic (exact) mass is 256 g/mol. The molecule has 0 aliphatic carbocycles. The van der Waals surface area contributed by atoms with Crippen LogP contribution in [-0.2, 0) is 0 Å². The molecule has 1 aromatic heterocycles. The normalized spacial score (nSPS) is 12.3. The first-order valence-electron chi connectivity index (χ1n) is 6.45. The van der Waals surface area contributed by atoms with Crippen LogP contribution in [0.1, 0.15) is 35.2 Å². The standard InChI is InChI=1S/C16H20N2O/c1-10-5-6-11(2)16(12(10)3)19-15-8-7-14(9-18-15)13(4)17/h5-9,13H,17H2,1-4H3/t13-/m1/s1. The Morgan fingerprint density at radius 2 is 1.74 bits per heavy atom. The van der Waals surface area contributed by atoms with Crippen LogP contribution in [0.2, 0.25) is 0 Å². The first kappa shape index (κ1) is 13.6. The van der Waals surface area contributed by atoms with E-state index < -0.39 is 0 Å². The lowest BCUT2D eigenvalue weighted by Gasteiger charge is -2.13. The number of benzene rings is 1. The fourth-order valence-corrected chi connectivity index (χ4v) is 1.91. The predicted octanol–water partition coefficient (Wildman–Crippen LogP) is 3.82. The van der Waals surface area contributed by atoms with Crippen molar-refractivity contribution in [1.82, 2.24) is 4.98 Å². The summed E-state index contributed by atoms with van der Waals surface area (Å²) < 4.78 is 5.90. The topological polar surface area (TPSA) is 48.1 Å². The third kappa shape index (κ3) is 2.93. The van der Waals surface area contributed by atoms with Crippen molar-refractivity contribution >= 4 is 0 Å². The zero-order valence-electron chi connectivity index (χ0n) is 11.9. The van der Waals surface area contributed by atoms with E-state index in [1.165, 1.54) is 5.56 Å². The summed E-state index contributed by atoms with van der Waals surface area (Å²) in [6, 6.07) is 7.97. The van der Waals surface area contributed by atoms with Crippen molar-refractivity contribution in [3.8, 4) is 11.6 Å². The molecule has 2 aromatic rings. The van der Waals surface area contributed by atoms with Crippen LogP contribution in [-0.4, -0.2) is 4.98 Å². The van der Waals surface area contributed by atoms with Crippen molar-refractivity contribution in [2.75, 3.05) is 0 Å². The highest BCUT2D eigenvalue weighted by molar-refractivity contribution is 5.46. The van der Waals surface area contributed by atoms with Crippen LogP contribution in [0.5, 0.6) is 11.6 Å². The molecule has 1 atom stereocenters. The van der Waals surface area contributed by atoms with Gasteiger partial charge in [0.2, 0.25) is 5.88 Å². The lowest BCUT2D eigenvalue weighted by molar-refractivity contribution is 0.455.